The number of rotatable bonds is 51. The van der Waals surface area contributed by atoms with Crippen molar-refractivity contribution in [1.29, 1.82) is 0 Å². The number of nitrogens with two attached hydrogens (primary N) is 1. The molecule has 4 N–H and O–H groups in total. The van der Waals surface area contributed by atoms with Crippen LogP contribution in [0.2, 0.25) is 0 Å². The average molecular weight is 950 g/mol. The predicted octanol–water partition coefficient (Wildman–Crippen LogP) is 15.9. The van der Waals surface area contributed by atoms with E-state index in [2.05, 4.69) is 74.6 Å². The van der Waals surface area contributed by atoms with Crippen LogP contribution in [-0.4, -0.2) is 60.5 Å². The number of phosphoric ester groups is 1. The summed E-state index contributed by atoms with van der Waals surface area (Å²) in [6, 6.07) is -1.48. The van der Waals surface area contributed by atoms with Crippen LogP contribution in [0.5, 0.6) is 0 Å². The summed E-state index contributed by atoms with van der Waals surface area (Å²) in [7, 11) is -4.63. The van der Waals surface area contributed by atoms with E-state index in [1.807, 2.05) is 0 Å². The molecule has 0 saturated heterocycles. The van der Waals surface area contributed by atoms with Gasteiger partial charge in [0.15, 0.2) is 0 Å². The number of hydrogen-bond acceptors (Lipinski definition) is 8. The highest BCUT2D eigenvalue weighted by Gasteiger charge is 2.27. The van der Waals surface area contributed by atoms with Gasteiger partial charge in [-0.25, -0.2) is 4.57 Å². The SMILES string of the molecule is CC/C=C\C/C=C\C/C=C\C/C=C\C/C=C\CCCCCCCCCC(=O)OC(COCCCCCCCCCCCCCCCCCCCCCCC)COP(=O)(O)OCC(N)C(=O)O. The van der Waals surface area contributed by atoms with Crippen molar-refractivity contribution in [2.24, 2.45) is 5.73 Å². The number of carboxylic acids is 1. The van der Waals surface area contributed by atoms with Gasteiger partial charge in [0.05, 0.1) is 19.8 Å². The van der Waals surface area contributed by atoms with E-state index in [1.54, 1.807) is 0 Å². The molecule has 0 saturated carbocycles. The number of carbonyl (C=O) groups excluding carboxylic acids is 1. The van der Waals surface area contributed by atoms with E-state index in [0.29, 0.717) is 13.0 Å². The Morgan fingerprint density at radius 3 is 1.32 bits per heavy atom. The zero-order chi connectivity index (χ0) is 48.3. The zero-order valence-corrected chi connectivity index (χ0v) is 43.2. The number of ether oxygens (including phenoxy) is 2. The van der Waals surface area contributed by atoms with E-state index >= 15 is 0 Å². The number of phosphoric acid groups is 1. The second kappa shape index (κ2) is 50.5. The van der Waals surface area contributed by atoms with Gasteiger partial charge in [0, 0.05) is 13.0 Å². The van der Waals surface area contributed by atoms with Gasteiger partial charge in [0.1, 0.15) is 12.1 Å². The lowest BCUT2D eigenvalue weighted by Crippen LogP contribution is -2.34. The molecule has 0 aromatic carbocycles. The largest absolute Gasteiger partial charge is 0.480 e. The minimum absolute atomic E-state index is 0.0131. The Hall–Kier alpha value is -2.33. The minimum Gasteiger partial charge on any atom is -0.480 e. The Morgan fingerprint density at radius 2 is 0.879 bits per heavy atom. The molecule has 0 aromatic heterocycles. The monoisotopic (exact) mass is 950 g/mol. The summed E-state index contributed by atoms with van der Waals surface area (Å²) >= 11 is 0. The standard InChI is InChI=1S/C55H100NO9P/c1-3-5-7-9-11-13-15-17-19-21-23-25-26-27-29-31-33-35-37-39-41-43-45-47-54(57)65-52(50-63-66(60,61)64-51-53(56)55(58)59)49-62-48-46-44-42-40-38-36-34-32-30-28-24-22-20-18-16-14-12-10-8-6-4-2/h5,7,11,13,17,19,23,25,27,29,52-53H,3-4,6,8-10,12,14-16,18,20-22,24,26,28,30-51,56H2,1-2H3,(H,58,59)(H,60,61)/b7-5-,13-11-,19-17-,25-23-,29-27-. The van der Waals surface area contributed by atoms with Crippen LogP contribution in [-0.2, 0) is 32.7 Å². The van der Waals surface area contributed by atoms with Crippen molar-refractivity contribution in [2.75, 3.05) is 26.4 Å². The van der Waals surface area contributed by atoms with Gasteiger partial charge in [-0.2, -0.15) is 0 Å². The van der Waals surface area contributed by atoms with Crippen molar-refractivity contribution in [1.82, 2.24) is 0 Å². The highest BCUT2D eigenvalue weighted by atomic mass is 31.2. The predicted molar refractivity (Wildman–Crippen MR) is 277 cm³/mol. The van der Waals surface area contributed by atoms with Gasteiger partial charge in [-0.3, -0.25) is 18.6 Å². The Kier molecular flexibility index (Phi) is 48.8. The highest BCUT2D eigenvalue weighted by molar-refractivity contribution is 7.47. The summed E-state index contributed by atoms with van der Waals surface area (Å²) in [5.74, 6) is -1.78. The molecule has 66 heavy (non-hydrogen) atoms. The molecule has 0 bridgehead atoms. The molecular formula is C55H100NO9P. The molecule has 0 rings (SSSR count). The number of unbranched alkanes of at least 4 members (excludes halogenated alkanes) is 27. The summed E-state index contributed by atoms with van der Waals surface area (Å²) in [6.45, 7) is 3.79. The normalized spacial score (nSPS) is 14.1. The molecule has 0 spiro atoms. The van der Waals surface area contributed by atoms with Crippen LogP contribution < -0.4 is 5.73 Å². The maximum Gasteiger partial charge on any atom is 0.472 e. The van der Waals surface area contributed by atoms with E-state index < -0.39 is 45.1 Å². The summed E-state index contributed by atoms with van der Waals surface area (Å²) in [6.07, 6.45) is 62.8. The van der Waals surface area contributed by atoms with Crippen LogP contribution in [0.4, 0.5) is 0 Å². The first kappa shape index (κ1) is 63.7. The average Bonchev–Trinajstić information content (AvgIpc) is 3.30. The van der Waals surface area contributed by atoms with E-state index in [1.165, 1.54) is 135 Å². The third kappa shape index (κ3) is 49.6. The Bertz CT molecular complexity index is 1280. The zero-order valence-electron chi connectivity index (χ0n) is 42.3. The van der Waals surface area contributed by atoms with Crippen molar-refractivity contribution in [3.63, 3.8) is 0 Å². The molecule has 0 aromatic rings. The number of hydrogen-bond donors (Lipinski definition) is 3. The molecule has 0 fully saturated rings. The van der Waals surface area contributed by atoms with E-state index in [4.69, 9.17) is 29.4 Å². The third-order valence-corrected chi connectivity index (χ3v) is 12.5. The quantitative estimate of drug-likeness (QED) is 0.0232. The molecule has 11 heteroatoms. The fraction of sp³-hybridized carbons (Fsp3) is 0.782. The summed E-state index contributed by atoms with van der Waals surface area (Å²) in [4.78, 5) is 33.7. The van der Waals surface area contributed by atoms with Crippen LogP contribution in [0.25, 0.3) is 0 Å². The summed E-state index contributed by atoms with van der Waals surface area (Å²) in [5, 5.41) is 8.94. The van der Waals surface area contributed by atoms with Crippen LogP contribution in [0.3, 0.4) is 0 Å². The van der Waals surface area contributed by atoms with Crippen molar-refractivity contribution in [3.8, 4) is 0 Å². The Labute approximate surface area is 404 Å². The van der Waals surface area contributed by atoms with Gasteiger partial charge in [0.25, 0.3) is 0 Å². The Morgan fingerprint density at radius 1 is 0.500 bits per heavy atom. The maximum absolute atomic E-state index is 12.7. The first-order valence-electron chi connectivity index (χ1n) is 26.8. The van der Waals surface area contributed by atoms with Crippen molar-refractivity contribution >= 4 is 19.8 Å². The van der Waals surface area contributed by atoms with Crippen LogP contribution in [0.1, 0.15) is 239 Å². The van der Waals surface area contributed by atoms with Gasteiger partial charge in [-0.1, -0.05) is 235 Å². The van der Waals surface area contributed by atoms with Crippen molar-refractivity contribution < 1.29 is 42.7 Å². The molecule has 0 radical (unpaired) electrons. The molecule has 0 aliphatic rings. The fourth-order valence-corrected chi connectivity index (χ4v) is 8.23. The van der Waals surface area contributed by atoms with E-state index in [0.717, 1.165) is 77.0 Å². The fourth-order valence-electron chi connectivity index (χ4n) is 7.46. The molecule has 0 heterocycles. The van der Waals surface area contributed by atoms with Gasteiger partial charge < -0.3 is 25.2 Å². The minimum atomic E-state index is -4.63. The van der Waals surface area contributed by atoms with Crippen LogP contribution in [0, 0.1) is 0 Å². The summed E-state index contributed by atoms with van der Waals surface area (Å²) < 4.78 is 33.6. The number of esters is 1. The number of carbonyl (C=O) groups is 2. The first-order chi connectivity index (χ1) is 32.2. The molecule has 0 aliphatic carbocycles. The third-order valence-electron chi connectivity index (χ3n) is 11.6. The highest BCUT2D eigenvalue weighted by Crippen LogP contribution is 2.43. The number of carboxylic acid groups (broad SMARTS) is 1. The Balaban J connectivity index is 4.13. The topological polar surface area (TPSA) is 155 Å². The van der Waals surface area contributed by atoms with Gasteiger partial charge in [0.2, 0.25) is 0 Å². The van der Waals surface area contributed by atoms with Crippen LogP contribution >= 0.6 is 7.82 Å². The molecule has 0 aliphatic heterocycles. The van der Waals surface area contributed by atoms with E-state index in [9.17, 15) is 19.0 Å². The molecular weight excluding hydrogens is 850 g/mol. The van der Waals surface area contributed by atoms with Gasteiger partial charge >= 0.3 is 19.8 Å². The van der Waals surface area contributed by atoms with Crippen molar-refractivity contribution in [3.05, 3.63) is 60.8 Å². The molecule has 3 unspecified atom stereocenters. The lowest BCUT2D eigenvalue weighted by atomic mass is 10.0. The molecule has 384 valence electrons. The van der Waals surface area contributed by atoms with Gasteiger partial charge in [-0.15, -0.1) is 0 Å². The lowest BCUT2D eigenvalue weighted by molar-refractivity contribution is -0.154. The second-order valence-electron chi connectivity index (χ2n) is 18.0. The molecule has 0 amide bonds. The lowest BCUT2D eigenvalue weighted by Gasteiger charge is -2.20. The summed E-state index contributed by atoms with van der Waals surface area (Å²) in [5.41, 5.74) is 5.38. The smallest absolute Gasteiger partial charge is 0.472 e. The van der Waals surface area contributed by atoms with Gasteiger partial charge in [-0.05, 0) is 57.8 Å². The maximum atomic E-state index is 12.7. The first-order valence-corrected chi connectivity index (χ1v) is 28.3. The van der Waals surface area contributed by atoms with Crippen molar-refractivity contribution in [2.45, 2.75) is 251 Å². The molecule has 10 nitrogen and oxygen atoms in total. The second-order valence-corrected chi connectivity index (χ2v) is 19.4. The van der Waals surface area contributed by atoms with E-state index in [-0.39, 0.29) is 13.0 Å². The molecule has 3 atom stereocenters. The number of allylic oxidation sites excluding steroid dienone is 10. The number of aliphatic carboxylic acids is 1. The van der Waals surface area contributed by atoms with Crippen LogP contribution in [0.15, 0.2) is 60.8 Å².